The van der Waals surface area contributed by atoms with Crippen molar-refractivity contribution in [1.29, 1.82) is 0 Å². The van der Waals surface area contributed by atoms with Crippen molar-refractivity contribution in [3.63, 3.8) is 0 Å². The van der Waals surface area contributed by atoms with Crippen molar-refractivity contribution in [2.24, 2.45) is 0 Å². The van der Waals surface area contributed by atoms with Gasteiger partial charge < -0.3 is 15.4 Å². The SMILES string of the molecule is Cc1ccc(C(=O)NCC(=O)NCCCN2CCOCC2)s1. The van der Waals surface area contributed by atoms with Gasteiger partial charge in [-0.15, -0.1) is 11.3 Å². The zero-order chi connectivity index (χ0) is 15.8. The summed E-state index contributed by atoms with van der Waals surface area (Å²) >= 11 is 1.43. The van der Waals surface area contributed by atoms with Crippen LogP contribution in [0.15, 0.2) is 12.1 Å². The molecule has 1 aromatic rings. The predicted molar refractivity (Wildman–Crippen MR) is 86.3 cm³/mol. The van der Waals surface area contributed by atoms with Crippen LogP contribution in [-0.4, -0.2) is 62.7 Å². The molecule has 1 aliphatic rings. The van der Waals surface area contributed by atoms with E-state index >= 15 is 0 Å². The van der Waals surface area contributed by atoms with Gasteiger partial charge in [-0.25, -0.2) is 0 Å². The number of morpholine rings is 1. The number of rotatable bonds is 7. The monoisotopic (exact) mass is 325 g/mol. The first-order valence-corrected chi connectivity index (χ1v) is 8.38. The molecule has 0 bridgehead atoms. The summed E-state index contributed by atoms with van der Waals surface area (Å²) in [6.07, 6.45) is 0.907. The number of hydrogen-bond donors (Lipinski definition) is 2. The van der Waals surface area contributed by atoms with Gasteiger partial charge in [0.25, 0.3) is 5.91 Å². The van der Waals surface area contributed by atoms with E-state index in [2.05, 4.69) is 15.5 Å². The molecule has 2 rings (SSSR count). The maximum Gasteiger partial charge on any atom is 0.261 e. The molecule has 1 saturated heterocycles. The Bertz CT molecular complexity index is 498. The van der Waals surface area contributed by atoms with Gasteiger partial charge in [-0.3, -0.25) is 14.5 Å². The van der Waals surface area contributed by atoms with Gasteiger partial charge in [-0.2, -0.15) is 0 Å². The maximum absolute atomic E-state index is 11.8. The molecule has 0 aromatic carbocycles. The van der Waals surface area contributed by atoms with Crippen LogP contribution >= 0.6 is 11.3 Å². The minimum absolute atomic E-state index is 0.0212. The van der Waals surface area contributed by atoms with E-state index in [1.54, 1.807) is 6.07 Å². The highest BCUT2D eigenvalue weighted by Crippen LogP contribution is 2.14. The molecule has 1 aromatic heterocycles. The summed E-state index contributed by atoms with van der Waals surface area (Å²) < 4.78 is 5.29. The van der Waals surface area contributed by atoms with Crippen LogP contribution in [0.2, 0.25) is 0 Å². The number of amides is 2. The van der Waals surface area contributed by atoms with Crippen molar-refractivity contribution in [3.8, 4) is 0 Å². The van der Waals surface area contributed by atoms with E-state index in [0.717, 1.165) is 44.1 Å². The number of carbonyl (C=O) groups is 2. The normalized spacial score (nSPS) is 15.5. The molecular weight excluding hydrogens is 302 g/mol. The molecule has 1 aliphatic heterocycles. The fourth-order valence-electron chi connectivity index (χ4n) is 2.22. The van der Waals surface area contributed by atoms with E-state index < -0.39 is 0 Å². The van der Waals surface area contributed by atoms with E-state index in [0.29, 0.717) is 11.4 Å². The lowest BCUT2D eigenvalue weighted by Crippen LogP contribution is -2.40. The zero-order valence-corrected chi connectivity index (χ0v) is 13.7. The second-order valence-corrected chi connectivity index (χ2v) is 6.54. The molecule has 1 fully saturated rings. The molecule has 22 heavy (non-hydrogen) atoms. The highest BCUT2D eigenvalue weighted by molar-refractivity contribution is 7.13. The van der Waals surface area contributed by atoms with Crippen LogP contribution < -0.4 is 10.6 Å². The third kappa shape index (κ3) is 5.75. The quantitative estimate of drug-likeness (QED) is 0.721. The topological polar surface area (TPSA) is 70.7 Å². The first-order valence-electron chi connectivity index (χ1n) is 7.56. The van der Waals surface area contributed by atoms with E-state index in [4.69, 9.17) is 4.74 Å². The molecule has 122 valence electrons. The summed E-state index contributed by atoms with van der Waals surface area (Å²) in [6, 6.07) is 3.67. The molecule has 6 nitrogen and oxygen atoms in total. The smallest absolute Gasteiger partial charge is 0.261 e. The van der Waals surface area contributed by atoms with Crippen molar-refractivity contribution in [3.05, 3.63) is 21.9 Å². The Labute approximate surface area is 134 Å². The Morgan fingerprint density at radius 1 is 1.27 bits per heavy atom. The summed E-state index contributed by atoms with van der Waals surface area (Å²) in [4.78, 5) is 27.5. The van der Waals surface area contributed by atoms with Crippen LogP contribution in [-0.2, 0) is 9.53 Å². The van der Waals surface area contributed by atoms with Crippen LogP contribution in [0.3, 0.4) is 0 Å². The maximum atomic E-state index is 11.8. The largest absolute Gasteiger partial charge is 0.379 e. The third-order valence-corrected chi connectivity index (χ3v) is 4.45. The Kier molecular flexibility index (Phi) is 6.82. The van der Waals surface area contributed by atoms with Crippen molar-refractivity contribution in [2.75, 3.05) is 45.9 Å². The number of thiophene rings is 1. The predicted octanol–water partition coefficient (Wildman–Crippen LogP) is 0.625. The first-order chi connectivity index (χ1) is 10.6. The molecule has 0 atom stereocenters. The number of hydrogen-bond acceptors (Lipinski definition) is 5. The summed E-state index contributed by atoms with van der Waals surface area (Å²) in [6.45, 7) is 7.07. The summed E-state index contributed by atoms with van der Waals surface area (Å²) in [5.74, 6) is -0.342. The van der Waals surface area contributed by atoms with Crippen molar-refractivity contribution in [2.45, 2.75) is 13.3 Å². The number of nitrogens with one attached hydrogen (secondary N) is 2. The number of ether oxygens (including phenoxy) is 1. The zero-order valence-electron chi connectivity index (χ0n) is 12.9. The Balaban J connectivity index is 1.55. The van der Waals surface area contributed by atoms with Crippen molar-refractivity contribution in [1.82, 2.24) is 15.5 Å². The minimum Gasteiger partial charge on any atom is -0.379 e. The molecule has 2 N–H and O–H groups in total. The average Bonchev–Trinajstić information content (AvgIpc) is 2.97. The van der Waals surface area contributed by atoms with E-state index in [-0.39, 0.29) is 18.4 Å². The summed E-state index contributed by atoms with van der Waals surface area (Å²) in [5, 5.41) is 5.46. The molecule has 2 amide bonds. The number of aryl methyl sites for hydroxylation is 1. The van der Waals surface area contributed by atoms with Gasteiger partial charge >= 0.3 is 0 Å². The highest BCUT2D eigenvalue weighted by Gasteiger charge is 2.11. The lowest BCUT2D eigenvalue weighted by Gasteiger charge is -2.26. The molecule has 0 spiro atoms. The molecule has 7 heteroatoms. The standard InChI is InChI=1S/C15H23N3O3S/c1-12-3-4-13(22-12)15(20)17-11-14(19)16-5-2-6-18-7-9-21-10-8-18/h3-4H,2,5-11H2,1H3,(H,16,19)(H,17,20). The summed E-state index contributed by atoms with van der Waals surface area (Å²) in [7, 11) is 0. The molecule has 2 heterocycles. The highest BCUT2D eigenvalue weighted by atomic mass is 32.1. The Morgan fingerprint density at radius 3 is 2.73 bits per heavy atom. The fourth-order valence-corrected chi connectivity index (χ4v) is 3.01. The molecule has 0 aliphatic carbocycles. The van der Waals surface area contributed by atoms with Gasteiger partial charge in [0, 0.05) is 24.5 Å². The van der Waals surface area contributed by atoms with Crippen molar-refractivity contribution < 1.29 is 14.3 Å². The van der Waals surface area contributed by atoms with E-state index in [1.807, 2.05) is 13.0 Å². The van der Waals surface area contributed by atoms with Crippen LogP contribution in [0.25, 0.3) is 0 Å². The van der Waals surface area contributed by atoms with Gasteiger partial charge in [0.2, 0.25) is 5.91 Å². The summed E-state index contributed by atoms with van der Waals surface area (Å²) in [5.41, 5.74) is 0. The fraction of sp³-hybridized carbons (Fsp3) is 0.600. The van der Waals surface area contributed by atoms with Gasteiger partial charge in [0.1, 0.15) is 0 Å². The molecular formula is C15H23N3O3S. The molecule has 0 radical (unpaired) electrons. The molecule has 0 saturated carbocycles. The van der Waals surface area contributed by atoms with Crippen LogP contribution in [0.4, 0.5) is 0 Å². The second kappa shape index (κ2) is 8.87. The van der Waals surface area contributed by atoms with E-state index in [9.17, 15) is 9.59 Å². The third-order valence-electron chi connectivity index (χ3n) is 3.45. The van der Waals surface area contributed by atoms with Gasteiger partial charge in [-0.1, -0.05) is 0 Å². The van der Waals surface area contributed by atoms with Crippen LogP contribution in [0.5, 0.6) is 0 Å². The second-order valence-electron chi connectivity index (χ2n) is 5.25. The van der Waals surface area contributed by atoms with E-state index in [1.165, 1.54) is 11.3 Å². The van der Waals surface area contributed by atoms with Gasteiger partial charge in [0.05, 0.1) is 24.6 Å². The van der Waals surface area contributed by atoms with Crippen LogP contribution in [0.1, 0.15) is 21.0 Å². The molecule has 0 unspecified atom stereocenters. The Morgan fingerprint density at radius 2 is 2.05 bits per heavy atom. The lowest BCUT2D eigenvalue weighted by atomic mass is 10.3. The first kappa shape index (κ1) is 16.9. The number of carbonyl (C=O) groups excluding carboxylic acids is 2. The van der Waals surface area contributed by atoms with Gasteiger partial charge in [0.15, 0.2) is 0 Å². The lowest BCUT2D eigenvalue weighted by molar-refractivity contribution is -0.120. The van der Waals surface area contributed by atoms with Gasteiger partial charge in [-0.05, 0) is 32.0 Å². The average molecular weight is 325 g/mol. The number of nitrogens with zero attached hydrogens (tertiary/aromatic N) is 1. The van der Waals surface area contributed by atoms with Crippen molar-refractivity contribution >= 4 is 23.2 Å². The Hall–Kier alpha value is -1.44. The van der Waals surface area contributed by atoms with Crippen LogP contribution in [0, 0.1) is 6.92 Å². The minimum atomic E-state index is -0.193.